The summed E-state index contributed by atoms with van der Waals surface area (Å²) in [5, 5.41) is 0. The number of hydrogen-bond donors (Lipinski definition) is 1. The van der Waals surface area contributed by atoms with Gasteiger partial charge in [-0.1, -0.05) is 32.3 Å². The van der Waals surface area contributed by atoms with Crippen molar-refractivity contribution in [3.8, 4) is 11.5 Å². The van der Waals surface area contributed by atoms with Gasteiger partial charge in [0.1, 0.15) is 17.1 Å². The number of unbranched alkanes of at least 4 members (excludes halogenated alkanes) is 3. The van der Waals surface area contributed by atoms with Crippen molar-refractivity contribution in [3.05, 3.63) is 23.8 Å². The van der Waals surface area contributed by atoms with Crippen LogP contribution >= 0.6 is 0 Å². The van der Waals surface area contributed by atoms with Gasteiger partial charge in [0, 0.05) is 24.1 Å². The van der Waals surface area contributed by atoms with Gasteiger partial charge in [-0.05, 0) is 26.3 Å². The van der Waals surface area contributed by atoms with E-state index in [0.717, 1.165) is 36.5 Å². The van der Waals surface area contributed by atoms with Gasteiger partial charge in [0.2, 0.25) is 0 Å². The lowest BCUT2D eigenvalue weighted by molar-refractivity contribution is 0.0724. The van der Waals surface area contributed by atoms with E-state index in [1.54, 1.807) is 0 Å². The van der Waals surface area contributed by atoms with Crippen molar-refractivity contribution in [2.75, 3.05) is 6.61 Å². The van der Waals surface area contributed by atoms with E-state index < -0.39 is 0 Å². The van der Waals surface area contributed by atoms with Gasteiger partial charge < -0.3 is 15.2 Å². The smallest absolute Gasteiger partial charge is 0.128 e. The molecule has 3 nitrogen and oxygen atoms in total. The largest absolute Gasteiger partial charge is 0.493 e. The van der Waals surface area contributed by atoms with Crippen LogP contribution in [0.15, 0.2) is 18.2 Å². The highest BCUT2D eigenvalue weighted by Crippen LogP contribution is 2.39. The van der Waals surface area contributed by atoms with Gasteiger partial charge in [0.15, 0.2) is 0 Å². The zero-order chi connectivity index (χ0) is 14.6. The molecule has 0 aromatic heterocycles. The Hall–Kier alpha value is -1.22. The Morgan fingerprint density at radius 2 is 2.10 bits per heavy atom. The van der Waals surface area contributed by atoms with Gasteiger partial charge in [-0.25, -0.2) is 0 Å². The predicted octanol–water partition coefficient (Wildman–Crippen LogP) is 4.21. The fourth-order valence-electron chi connectivity index (χ4n) is 2.70. The first kappa shape index (κ1) is 15.2. The molecule has 20 heavy (non-hydrogen) atoms. The van der Waals surface area contributed by atoms with Gasteiger partial charge >= 0.3 is 0 Å². The first-order valence-corrected chi connectivity index (χ1v) is 7.73. The van der Waals surface area contributed by atoms with Crippen LogP contribution in [0.2, 0.25) is 0 Å². The molecule has 2 rings (SSSR count). The first-order valence-electron chi connectivity index (χ1n) is 7.73. The molecule has 1 aliphatic rings. The quantitative estimate of drug-likeness (QED) is 0.792. The van der Waals surface area contributed by atoms with Crippen LogP contribution in [0.1, 0.15) is 64.5 Å². The highest BCUT2D eigenvalue weighted by Gasteiger charge is 2.31. The predicted molar refractivity (Wildman–Crippen MR) is 82.3 cm³/mol. The Balaban J connectivity index is 1.97. The van der Waals surface area contributed by atoms with Crippen LogP contribution in [0.25, 0.3) is 0 Å². The van der Waals surface area contributed by atoms with Gasteiger partial charge in [-0.15, -0.1) is 0 Å². The molecule has 0 bridgehead atoms. The molecular formula is C17H27NO2. The van der Waals surface area contributed by atoms with E-state index in [1.807, 2.05) is 18.2 Å². The number of hydrogen-bond acceptors (Lipinski definition) is 3. The highest BCUT2D eigenvalue weighted by molar-refractivity contribution is 5.44. The van der Waals surface area contributed by atoms with E-state index in [9.17, 15) is 0 Å². The molecule has 112 valence electrons. The number of nitrogens with two attached hydrogens (primary N) is 1. The molecule has 0 aliphatic carbocycles. The molecule has 2 N–H and O–H groups in total. The second-order valence-electron chi connectivity index (χ2n) is 6.28. The Bertz CT molecular complexity index is 443. The summed E-state index contributed by atoms with van der Waals surface area (Å²) < 4.78 is 11.8. The molecule has 0 amide bonds. The molecular weight excluding hydrogens is 250 g/mol. The fourth-order valence-corrected chi connectivity index (χ4v) is 2.70. The minimum absolute atomic E-state index is 0.0485. The second kappa shape index (κ2) is 6.49. The van der Waals surface area contributed by atoms with E-state index in [0.29, 0.717) is 0 Å². The molecule has 1 aliphatic heterocycles. The SMILES string of the molecule is CCCCCCOc1ccc2c(c1)OC(C)(C)CC2N. The number of ether oxygens (including phenoxy) is 2. The molecule has 1 aromatic rings. The average molecular weight is 277 g/mol. The Kier molecular flexibility index (Phi) is 4.92. The third kappa shape index (κ3) is 3.89. The van der Waals surface area contributed by atoms with Crippen LogP contribution in [0.3, 0.4) is 0 Å². The summed E-state index contributed by atoms with van der Waals surface area (Å²) in [6, 6.07) is 6.07. The molecule has 0 saturated heterocycles. The topological polar surface area (TPSA) is 44.5 Å². The summed E-state index contributed by atoms with van der Waals surface area (Å²) >= 11 is 0. The molecule has 0 saturated carbocycles. The lowest BCUT2D eigenvalue weighted by Gasteiger charge is -2.36. The van der Waals surface area contributed by atoms with Crippen molar-refractivity contribution in [3.63, 3.8) is 0 Å². The number of benzene rings is 1. The van der Waals surface area contributed by atoms with E-state index in [2.05, 4.69) is 20.8 Å². The normalized spacial score (nSPS) is 20.1. The fraction of sp³-hybridized carbons (Fsp3) is 0.647. The number of fused-ring (bicyclic) bond motifs is 1. The Morgan fingerprint density at radius 1 is 1.30 bits per heavy atom. The van der Waals surface area contributed by atoms with Crippen molar-refractivity contribution >= 4 is 0 Å². The van der Waals surface area contributed by atoms with Crippen LogP contribution in [0.4, 0.5) is 0 Å². The molecule has 0 spiro atoms. The molecule has 0 radical (unpaired) electrons. The maximum Gasteiger partial charge on any atom is 0.128 e. The number of rotatable bonds is 6. The van der Waals surface area contributed by atoms with Crippen LogP contribution in [-0.4, -0.2) is 12.2 Å². The molecule has 1 heterocycles. The molecule has 3 heteroatoms. The Morgan fingerprint density at radius 3 is 2.85 bits per heavy atom. The summed E-state index contributed by atoms with van der Waals surface area (Å²) in [6.07, 6.45) is 5.71. The zero-order valence-corrected chi connectivity index (χ0v) is 12.9. The highest BCUT2D eigenvalue weighted by atomic mass is 16.5. The zero-order valence-electron chi connectivity index (χ0n) is 12.9. The average Bonchev–Trinajstić information content (AvgIpc) is 2.36. The molecule has 1 aromatic carbocycles. The molecule has 1 unspecified atom stereocenters. The standard InChI is InChI=1S/C17H27NO2/c1-4-5-6-7-10-19-13-8-9-14-15(18)12-17(2,3)20-16(14)11-13/h8-9,11,15H,4-7,10,12,18H2,1-3H3. The second-order valence-corrected chi connectivity index (χ2v) is 6.28. The first-order chi connectivity index (χ1) is 9.52. The van der Waals surface area contributed by atoms with Gasteiger partial charge in [-0.2, -0.15) is 0 Å². The minimum atomic E-state index is -0.202. The monoisotopic (exact) mass is 277 g/mol. The van der Waals surface area contributed by atoms with Crippen LogP contribution in [0.5, 0.6) is 11.5 Å². The Labute approximate surface area is 122 Å². The summed E-state index contributed by atoms with van der Waals surface area (Å²) in [7, 11) is 0. The third-order valence-electron chi connectivity index (χ3n) is 3.75. The van der Waals surface area contributed by atoms with Crippen molar-refractivity contribution < 1.29 is 9.47 Å². The maximum absolute atomic E-state index is 6.21. The van der Waals surface area contributed by atoms with E-state index >= 15 is 0 Å². The lowest BCUT2D eigenvalue weighted by atomic mass is 9.90. The van der Waals surface area contributed by atoms with Crippen molar-refractivity contribution in [2.45, 2.75) is 64.5 Å². The van der Waals surface area contributed by atoms with Gasteiger partial charge in [0.25, 0.3) is 0 Å². The summed E-state index contributed by atoms with van der Waals surface area (Å²) in [5.74, 6) is 1.75. The minimum Gasteiger partial charge on any atom is -0.493 e. The van der Waals surface area contributed by atoms with Crippen molar-refractivity contribution in [2.24, 2.45) is 5.73 Å². The third-order valence-corrected chi connectivity index (χ3v) is 3.75. The summed E-state index contributed by atoms with van der Waals surface area (Å²) in [5.41, 5.74) is 7.09. The van der Waals surface area contributed by atoms with Gasteiger partial charge in [-0.3, -0.25) is 0 Å². The molecule has 1 atom stereocenters. The van der Waals surface area contributed by atoms with Gasteiger partial charge in [0.05, 0.1) is 6.61 Å². The summed E-state index contributed by atoms with van der Waals surface area (Å²) in [6.45, 7) is 7.14. The van der Waals surface area contributed by atoms with Crippen LogP contribution < -0.4 is 15.2 Å². The summed E-state index contributed by atoms with van der Waals surface area (Å²) in [4.78, 5) is 0. The maximum atomic E-state index is 6.21. The van der Waals surface area contributed by atoms with E-state index in [4.69, 9.17) is 15.2 Å². The van der Waals surface area contributed by atoms with E-state index in [1.165, 1.54) is 19.3 Å². The lowest BCUT2D eigenvalue weighted by Crippen LogP contribution is -2.37. The van der Waals surface area contributed by atoms with E-state index in [-0.39, 0.29) is 11.6 Å². The van der Waals surface area contributed by atoms with Crippen molar-refractivity contribution in [1.82, 2.24) is 0 Å². The molecule has 0 fully saturated rings. The van der Waals surface area contributed by atoms with Crippen molar-refractivity contribution in [1.29, 1.82) is 0 Å². The van der Waals surface area contributed by atoms with Crippen LogP contribution in [0, 0.1) is 0 Å². The van der Waals surface area contributed by atoms with Crippen LogP contribution in [-0.2, 0) is 0 Å².